The van der Waals surface area contributed by atoms with Crippen LogP contribution in [-0.2, 0) is 0 Å². The van der Waals surface area contributed by atoms with Crippen LogP contribution in [0.15, 0.2) is 24.3 Å². The highest BCUT2D eigenvalue weighted by Crippen LogP contribution is 2.21. The molecule has 0 spiro atoms. The molecule has 0 atom stereocenters. The van der Waals surface area contributed by atoms with Crippen LogP contribution in [-0.4, -0.2) is 84.1 Å². The molecule has 3 saturated heterocycles. The third-order valence-electron chi connectivity index (χ3n) is 7.54. The van der Waals surface area contributed by atoms with E-state index in [0.29, 0.717) is 5.69 Å². The van der Waals surface area contributed by atoms with Crippen LogP contribution in [0.2, 0.25) is 0 Å². The van der Waals surface area contributed by atoms with Crippen LogP contribution in [0.3, 0.4) is 0 Å². The van der Waals surface area contributed by atoms with Crippen molar-refractivity contribution < 1.29 is 4.79 Å². The highest BCUT2D eigenvalue weighted by atomic mass is 16.1. The maximum atomic E-state index is 12.9. The largest absolute Gasteiger partial charge is 0.357 e. The molecule has 0 aliphatic carbocycles. The van der Waals surface area contributed by atoms with E-state index in [1.807, 2.05) is 18.2 Å². The van der Waals surface area contributed by atoms with Gasteiger partial charge in [-0.3, -0.25) is 4.79 Å². The summed E-state index contributed by atoms with van der Waals surface area (Å²) in [7, 11) is 0. The van der Waals surface area contributed by atoms with Gasteiger partial charge in [0.15, 0.2) is 0 Å². The quantitative estimate of drug-likeness (QED) is 0.729. The summed E-state index contributed by atoms with van der Waals surface area (Å²) in [5, 5.41) is 3.22. The zero-order chi connectivity index (χ0) is 22.5. The van der Waals surface area contributed by atoms with Gasteiger partial charge >= 0.3 is 0 Å². The van der Waals surface area contributed by atoms with Crippen LogP contribution in [0.4, 0.5) is 5.82 Å². The first-order valence-electron chi connectivity index (χ1n) is 13.0. The predicted molar refractivity (Wildman–Crippen MR) is 133 cm³/mol. The summed E-state index contributed by atoms with van der Waals surface area (Å²) >= 11 is 0. The van der Waals surface area contributed by atoms with Crippen molar-refractivity contribution in [1.82, 2.24) is 25.1 Å². The summed E-state index contributed by atoms with van der Waals surface area (Å²) < 4.78 is 0. The molecule has 3 aliphatic heterocycles. The first-order valence-corrected chi connectivity index (χ1v) is 13.0. The van der Waals surface area contributed by atoms with Gasteiger partial charge < -0.3 is 20.0 Å². The maximum absolute atomic E-state index is 12.9. The first kappa shape index (κ1) is 22.5. The number of hydrogen-bond acceptors (Lipinski definition) is 6. The molecular weight excluding hydrogens is 412 g/mol. The number of carbonyl (C=O) groups excluding carboxylic acids is 1. The van der Waals surface area contributed by atoms with Crippen molar-refractivity contribution in [2.24, 2.45) is 0 Å². The first-order chi connectivity index (χ1) is 16.2. The molecule has 2 aromatic heterocycles. The van der Waals surface area contributed by atoms with Gasteiger partial charge in [-0.25, -0.2) is 9.97 Å². The fourth-order valence-electron chi connectivity index (χ4n) is 5.45. The Morgan fingerprint density at radius 3 is 2.09 bits per heavy atom. The number of rotatable bonds is 6. The molecule has 178 valence electrons. The number of fused-ring (bicyclic) bond motifs is 1. The minimum Gasteiger partial charge on any atom is -0.357 e. The number of piperidine rings is 1. The molecule has 7 nitrogen and oxygen atoms in total. The number of aromatic nitrogens is 2. The molecule has 5 heterocycles. The molecule has 33 heavy (non-hydrogen) atoms. The summed E-state index contributed by atoms with van der Waals surface area (Å²) in [6, 6.07) is 8.07. The van der Waals surface area contributed by atoms with Crippen LogP contribution < -0.4 is 10.2 Å². The fraction of sp³-hybridized carbons (Fsp3) is 0.654. The predicted octanol–water partition coefficient (Wildman–Crippen LogP) is 3.30. The molecule has 0 bridgehead atoms. The average Bonchev–Trinajstić information content (AvgIpc) is 3.23. The SMILES string of the molecule is O=C(NC1CCN(CCN2CCCC2)CC1)c1ccc2nc(N3CCCCCC3)ccc2n1. The highest BCUT2D eigenvalue weighted by Gasteiger charge is 2.22. The number of carbonyl (C=O) groups is 1. The second kappa shape index (κ2) is 10.8. The van der Waals surface area contributed by atoms with E-state index in [1.54, 1.807) is 0 Å². The third kappa shape index (κ3) is 5.82. The number of pyridine rings is 2. The lowest BCUT2D eigenvalue weighted by atomic mass is 10.0. The van der Waals surface area contributed by atoms with Crippen molar-refractivity contribution in [3.63, 3.8) is 0 Å². The van der Waals surface area contributed by atoms with Crippen molar-refractivity contribution in [1.29, 1.82) is 0 Å². The van der Waals surface area contributed by atoms with Gasteiger partial charge in [0.2, 0.25) is 0 Å². The molecule has 0 radical (unpaired) electrons. The zero-order valence-corrected chi connectivity index (χ0v) is 19.8. The van der Waals surface area contributed by atoms with Gasteiger partial charge in [0.1, 0.15) is 11.5 Å². The Labute approximate surface area is 197 Å². The van der Waals surface area contributed by atoms with E-state index in [0.717, 1.165) is 62.4 Å². The van der Waals surface area contributed by atoms with Crippen LogP contribution in [0, 0.1) is 0 Å². The summed E-state index contributed by atoms with van der Waals surface area (Å²) in [6.45, 7) is 9.14. The molecule has 1 amide bonds. The van der Waals surface area contributed by atoms with Gasteiger partial charge in [0.25, 0.3) is 5.91 Å². The number of anilines is 1. The van der Waals surface area contributed by atoms with Gasteiger partial charge in [-0.05, 0) is 75.9 Å². The minimum absolute atomic E-state index is 0.0657. The van der Waals surface area contributed by atoms with E-state index in [2.05, 4.69) is 31.1 Å². The summed E-state index contributed by atoms with van der Waals surface area (Å²) in [5.41, 5.74) is 2.14. The van der Waals surface area contributed by atoms with E-state index in [-0.39, 0.29) is 11.9 Å². The van der Waals surface area contributed by atoms with Gasteiger partial charge in [-0.15, -0.1) is 0 Å². The Balaban J connectivity index is 1.14. The molecule has 0 aromatic carbocycles. The second-order valence-corrected chi connectivity index (χ2v) is 9.94. The van der Waals surface area contributed by atoms with Gasteiger partial charge in [0.05, 0.1) is 11.0 Å². The number of nitrogens with one attached hydrogen (secondary N) is 1. The number of nitrogens with zero attached hydrogens (tertiary/aromatic N) is 5. The standard InChI is InChI=1S/C26H38N6O/c33-26(27-21-11-17-31(18-12-21)20-19-30-13-5-6-14-30)24-8-7-23-22(28-24)9-10-25(29-23)32-15-3-1-2-4-16-32/h7-10,21H,1-6,11-20H2,(H,27,33). The van der Waals surface area contributed by atoms with E-state index in [4.69, 9.17) is 4.98 Å². The Morgan fingerprint density at radius 2 is 1.36 bits per heavy atom. The topological polar surface area (TPSA) is 64.6 Å². The van der Waals surface area contributed by atoms with Crippen LogP contribution >= 0.6 is 0 Å². The van der Waals surface area contributed by atoms with Crippen molar-refractivity contribution >= 4 is 22.8 Å². The summed E-state index contributed by atoms with van der Waals surface area (Å²) in [4.78, 5) is 29.8. The molecule has 3 fully saturated rings. The molecule has 0 saturated carbocycles. The van der Waals surface area contributed by atoms with Crippen molar-refractivity contribution in [2.45, 2.75) is 57.4 Å². The van der Waals surface area contributed by atoms with Crippen LogP contribution in [0.25, 0.3) is 11.0 Å². The van der Waals surface area contributed by atoms with Gasteiger partial charge in [-0.1, -0.05) is 12.8 Å². The van der Waals surface area contributed by atoms with E-state index < -0.39 is 0 Å². The fourth-order valence-corrected chi connectivity index (χ4v) is 5.45. The monoisotopic (exact) mass is 450 g/mol. The van der Waals surface area contributed by atoms with E-state index in [9.17, 15) is 4.79 Å². The number of likely N-dealkylation sites (tertiary alicyclic amines) is 2. The van der Waals surface area contributed by atoms with Crippen molar-refractivity contribution in [3.8, 4) is 0 Å². The maximum Gasteiger partial charge on any atom is 0.270 e. The average molecular weight is 451 g/mol. The summed E-state index contributed by atoms with van der Waals surface area (Å²) in [6.07, 6.45) is 9.81. The van der Waals surface area contributed by atoms with Gasteiger partial charge in [-0.2, -0.15) is 0 Å². The van der Waals surface area contributed by atoms with Gasteiger partial charge in [0, 0.05) is 45.3 Å². The molecule has 3 aliphatic rings. The van der Waals surface area contributed by atoms with Crippen LogP contribution in [0.1, 0.15) is 61.9 Å². The lowest BCUT2D eigenvalue weighted by molar-refractivity contribution is 0.0903. The number of amides is 1. The van der Waals surface area contributed by atoms with Crippen molar-refractivity contribution in [2.75, 3.05) is 57.3 Å². The smallest absolute Gasteiger partial charge is 0.270 e. The molecule has 5 rings (SSSR count). The highest BCUT2D eigenvalue weighted by molar-refractivity contribution is 5.94. The molecule has 2 aromatic rings. The molecule has 0 unspecified atom stereocenters. The Morgan fingerprint density at radius 1 is 0.758 bits per heavy atom. The van der Waals surface area contributed by atoms with Crippen LogP contribution in [0.5, 0.6) is 0 Å². The van der Waals surface area contributed by atoms with E-state index >= 15 is 0 Å². The normalized spacial score (nSPS) is 21.4. The molecule has 7 heteroatoms. The third-order valence-corrected chi connectivity index (χ3v) is 7.54. The van der Waals surface area contributed by atoms with E-state index in [1.165, 1.54) is 58.2 Å². The number of hydrogen-bond donors (Lipinski definition) is 1. The summed E-state index contributed by atoms with van der Waals surface area (Å²) in [5.74, 6) is 0.962. The Bertz CT molecular complexity index is 928. The lowest BCUT2D eigenvalue weighted by Gasteiger charge is -2.33. The van der Waals surface area contributed by atoms with Crippen molar-refractivity contribution in [3.05, 3.63) is 30.0 Å². The zero-order valence-electron chi connectivity index (χ0n) is 19.8. The molecule has 1 N–H and O–H groups in total. The lowest BCUT2D eigenvalue weighted by Crippen LogP contribution is -2.46. The Hall–Kier alpha value is -2.25. The second-order valence-electron chi connectivity index (χ2n) is 9.94. The Kier molecular flexibility index (Phi) is 7.37. The molecular formula is C26H38N6O. The minimum atomic E-state index is -0.0657.